The largest absolute Gasteiger partial charge is 0.497 e. The van der Waals surface area contributed by atoms with Gasteiger partial charge in [0.1, 0.15) is 16.3 Å². The Morgan fingerprint density at radius 1 is 1.28 bits per heavy atom. The summed E-state index contributed by atoms with van der Waals surface area (Å²) >= 11 is 0. The summed E-state index contributed by atoms with van der Waals surface area (Å²) in [5.74, 6) is 0.419. The van der Waals surface area contributed by atoms with Gasteiger partial charge in [-0.3, -0.25) is 4.79 Å². The minimum Gasteiger partial charge on any atom is -0.497 e. The lowest BCUT2D eigenvalue weighted by molar-refractivity contribution is -0.116. The number of hydrogen-bond donors (Lipinski definition) is 1. The molecule has 1 heterocycles. The van der Waals surface area contributed by atoms with E-state index in [4.69, 9.17) is 9.26 Å². The fourth-order valence-corrected chi connectivity index (χ4v) is 4.07. The van der Waals surface area contributed by atoms with Gasteiger partial charge in [-0.05, 0) is 38.1 Å². The van der Waals surface area contributed by atoms with Crippen LogP contribution in [-0.4, -0.2) is 44.0 Å². The van der Waals surface area contributed by atoms with Crippen LogP contribution < -0.4 is 10.1 Å². The molecule has 9 heteroatoms. The fourth-order valence-electron chi connectivity index (χ4n) is 2.37. The molecule has 1 N–H and O–H groups in total. The van der Waals surface area contributed by atoms with Crippen molar-refractivity contribution in [2.75, 3.05) is 25.5 Å². The van der Waals surface area contributed by atoms with E-state index >= 15 is 0 Å². The number of rotatable bonds is 7. The molecule has 0 radical (unpaired) electrons. The lowest BCUT2D eigenvalue weighted by atomic mass is 10.3. The monoisotopic (exact) mass is 367 g/mol. The number of hydrogen-bond acceptors (Lipinski definition) is 6. The molecule has 0 aliphatic carbocycles. The van der Waals surface area contributed by atoms with Gasteiger partial charge in [-0.2, -0.15) is 4.31 Å². The number of methoxy groups -OCH3 is 1. The van der Waals surface area contributed by atoms with Crippen LogP contribution in [0.15, 0.2) is 33.7 Å². The number of ether oxygens (including phenoxy) is 1. The lowest BCUT2D eigenvalue weighted by Crippen LogP contribution is -2.38. The van der Waals surface area contributed by atoms with Crippen molar-refractivity contribution in [2.24, 2.45) is 0 Å². The molecule has 0 saturated carbocycles. The average Bonchev–Trinajstić information content (AvgIpc) is 2.92. The number of aromatic nitrogens is 1. The summed E-state index contributed by atoms with van der Waals surface area (Å²) in [4.78, 5) is 12.2. The molecule has 1 aromatic heterocycles. The van der Waals surface area contributed by atoms with Crippen LogP contribution >= 0.6 is 0 Å². The first-order valence-corrected chi connectivity index (χ1v) is 9.10. The second-order valence-electron chi connectivity index (χ2n) is 5.36. The predicted molar refractivity (Wildman–Crippen MR) is 92.0 cm³/mol. The first-order valence-electron chi connectivity index (χ1n) is 7.66. The maximum absolute atomic E-state index is 12.8. The number of nitrogens with zero attached hydrogens (tertiary/aromatic N) is 2. The van der Waals surface area contributed by atoms with Gasteiger partial charge in [-0.15, -0.1) is 0 Å². The van der Waals surface area contributed by atoms with E-state index < -0.39 is 15.9 Å². The Hall–Kier alpha value is -2.39. The first kappa shape index (κ1) is 18.9. The van der Waals surface area contributed by atoms with Crippen molar-refractivity contribution in [3.8, 4) is 5.75 Å². The van der Waals surface area contributed by atoms with E-state index in [9.17, 15) is 13.2 Å². The molecule has 8 nitrogen and oxygen atoms in total. The molecule has 1 aromatic carbocycles. The average molecular weight is 367 g/mol. The highest BCUT2D eigenvalue weighted by Crippen LogP contribution is 2.23. The maximum Gasteiger partial charge on any atom is 0.248 e. The Morgan fingerprint density at radius 3 is 2.40 bits per heavy atom. The molecule has 2 rings (SSSR count). The van der Waals surface area contributed by atoms with Crippen molar-refractivity contribution < 1.29 is 22.5 Å². The molecule has 0 fully saturated rings. The summed E-state index contributed by atoms with van der Waals surface area (Å²) in [5.41, 5.74) is 0.822. The Labute approximate surface area is 146 Å². The molecular formula is C16H21N3O5S. The summed E-state index contributed by atoms with van der Waals surface area (Å²) in [7, 11) is -2.32. The number of nitrogens with one attached hydrogen (secondary N) is 1. The standard InChI is InChI=1S/C16H21N3O5S/c1-5-19(25(21,22)16-11(2)18-24-12(16)3)10-15(20)17-13-6-8-14(23-4)9-7-13/h6-9H,5,10H2,1-4H3,(H,17,20). The second-order valence-corrected chi connectivity index (χ2v) is 7.24. The van der Waals surface area contributed by atoms with E-state index in [1.54, 1.807) is 45.2 Å². The predicted octanol–water partition coefficient (Wildman–Crippen LogP) is 1.95. The molecule has 0 bridgehead atoms. The Bertz CT molecular complexity index is 824. The van der Waals surface area contributed by atoms with Gasteiger partial charge in [0.2, 0.25) is 15.9 Å². The number of sulfonamides is 1. The SMILES string of the molecule is CCN(CC(=O)Nc1ccc(OC)cc1)S(=O)(=O)c1c(C)noc1C. The number of benzene rings is 1. The van der Waals surface area contributed by atoms with Gasteiger partial charge >= 0.3 is 0 Å². The molecule has 0 atom stereocenters. The summed E-state index contributed by atoms with van der Waals surface area (Å²) in [5, 5.41) is 6.33. The van der Waals surface area contributed by atoms with Crippen LogP contribution in [0.2, 0.25) is 0 Å². The molecular weight excluding hydrogens is 346 g/mol. The van der Waals surface area contributed by atoms with Crippen molar-refractivity contribution in [2.45, 2.75) is 25.7 Å². The molecule has 0 aliphatic heterocycles. The van der Waals surface area contributed by atoms with E-state index in [-0.39, 0.29) is 29.4 Å². The van der Waals surface area contributed by atoms with Crippen molar-refractivity contribution in [1.29, 1.82) is 0 Å². The number of carbonyl (C=O) groups excluding carboxylic acids is 1. The van der Waals surface area contributed by atoms with Gasteiger partial charge in [0, 0.05) is 12.2 Å². The molecule has 1 amide bonds. The Morgan fingerprint density at radius 2 is 1.92 bits per heavy atom. The van der Waals surface area contributed by atoms with E-state index in [2.05, 4.69) is 10.5 Å². The number of aryl methyl sites for hydroxylation is 2. The Kier molecular flexibility index (Phi) is 5.81. The van der Waals surface area contributed by atoms with E-state index in [0.29, 0.717) is 11.4 Å². The zero-order valence-corrected chi connectivity index (χ0v) is 15.4. The third kappa shape index (κ3) is 4.18. The molecule has 0 aliphatic rings. The molecule has 25 heavy (non-hydrogen) atoms. The molecule has 0 spiro atoms. The highest BCUT2D eigenvalue weighted by molar-refractivity contribution is 7.89. The minimum atomic E-state index is -3.87. The molecule has 0 saturated heterocycles. The van der Waals surface area contributed by atoms with Crippen LogP contribution in [-0.2, 0) is 14.8 Å². The second kappa shape index (κ2) is 7.66. The van der Waals surface area contributed by atoms with Gasteiger partial charge in [-0.1, -0.05) is 12.1 Å². The van der Waals surface area contributed by atoms with Gasteiger partial charge in [0.15, 0.2) is 5.76 Å². The summed E-state index contributed by atoms with van der Waals surface area (Å²) in [6, 6.07) is 6.76. The lowest BCUT2D eigenvalue weighted by Gasteiger charge is -2.19. The van der Waals surface area contributed by atoms with Crippen molar-refractivity contribution >= 4 is 21.6 Å². The zero-order valence-electron chi connectivity index (χ0n) is 14.6. The van der Waals surface area contributed by atoms with E-state index in [1.807, 2.05) is 0 Å². The molecule has 0 unspecified atom stereocenters. The number of anilines is 1. The Balaban J connectivity index is 2.14. The smallest absolute Gasteiger partial charge is 0.248 e. The van der Waals surface area contributed by atoms with E-state index in [0.717, 1.165) is 4.31 Å². The van der Waals surface area contributed by atoms with Gasteiger partial charge < -0.3 is 14.6 Å². The third-order valence-electron chi connectivity index (χ3n) is 3.61. The molecule has 136 valence electrons. The van der Waals surface area contributed by atoms with Gasteiger partial charge in [0.25, 0.3) is 0 Å². The zero-order chi connectivity index (χ0) is 18.6. The van der Waals surface area contributed by atoms with Crippen molar-refractivity contribution in [1.82, 2.24) is 9.46 Å². The topological polar surface area (TPSA) is 102 Å². The normalized spacial score (nSPS) is 11.6. The third-order valence-corrected chi connectivity index (χ3v) is 5.78. The summed E-state index contributed by atoms with van der Waals surface area (Å²) in [6.45, 7) is 4.57. The quantitative estimate of drug-likeness (QED) is 0.802. The summed E-state index contributed by atoms with van der Waals surface area (Å²) < 4.78 is 36.6. The first-order chi connectivity index (χ1) is 11.8. The summed E-state index contributed by atoms with van der Waals surface area (Å²) in [6.07, 6.45) is 0. The van der Waals surface area contributed by atoms with Crippen LogP contribution in [0.3, 0.4) is 0 Å². The highest BCUT2D eigenvalue weighted by Gasteiger charge is 2.31. The van der Waals surface area contributed by atoms with Gasteiger partial charge in [0.05, 0.1) is 13.7 Å². The van der Waals surface area contributed by atoms with Crippen LogP contribution in [0, 0.1) is 13.8 Å². The van der Waals surface area contributed by atoms with E-state index in [1.165, 1.54) is 6.92 Å². The van der Waals surface area contributed by atoms with Crippen molar-refractivity contribution in [3.05, 3.63) is 35.7 Å². The number of carbonyl (C=O) groups is 1. The highest BCUT2D eigenvalue weighted by atomic mass is 32.2. The van der Waals surface area contributed by atoms with Crippen molar-refractivity contribution in [3.63, 3.8) is 0 Å². The van der Waals surface area contributed by atoms with Crippen LogP contribution in [0.1, 0.15) is 18.4 Å². The maximum atomic E-state index is 12.8. The minimum absolute atomic E-state index is 0.00611. The number of likely N-dealkylation sites (N-methyl/N-ethyl adjacent to an activating group) is 1. The fraction of sp³-hybridized carbons (Fsp3) is 0.375. The molecule has 2 aromatic rings. The van der Waals surface area contributed by atoms with Gasteiger partial charge in [-0.25, -0.2) is 8.42 Å². The number of amides is 1. The van der Waals surface area contributed by atoms with Crippen LogP contribution in [0.5, 0.6) is 5.75 Å². The van der Waals surface area contributed by atoms with Crippen LogP contribution in [0.4, 0.5) is 5.69 Å². The van der Waals surface area contributed by atoms with Crippen LogP contribution in [0.25, 0.3) is 0 Å².